The van der Waals surface area contributed by atoms with E-state index in [2.05, 4.69) is 46.3 Å². The summed E-state index contributed by atoms with van der Waals surface area (Å²) in [5.74, 6) is 4.41. The van der Waals surface area contributed by atoms with Crippen LogP contribution < -0.4 is 24.3 Å². The Hall–Kier alpha value is -2.97. The van der Waals surface area contributed by atoms with E-state index in [4.69, 9.17) is 18.9 Å². The van der Waals surface area contributed by atoms with Crippen molar-refractivity contribution in [2.75, 3.05) is 54.6 Å². The molecule has 5 atom stereocenters. The van der Waals surface area contributed by atoms with E-state index in [-0.39, 0.29) is 18.0 Å². The Bertz CT molecular complexity index is 1290. The molecular formula is C34H47N3O5. The van der Waals surface area contributed by atoms with Gasteiger partial charge in [0, 0.05) is 25.7 Å². The second kappa shape index (κ2) is 12.3. The lowest BCUT2D eigenvalue weighted by Gasteiger charge is -2.49. The molecule has 2 saturated heterocycles. The maximum atomic E-state index is 14.0. The maximum absolute atomic E-state index is 14.0. The highest BCUT2D eigenvalue weighted by molar-refractivity contribution is 5.83. The van der Waals surface area contributed by atoms with Crippen molar-refractivity contribution in [3.8, 4) is 23.0 Å². The van der Waals surface area contributed by atoms with Crippen LogP contribution in [-0.2, 0) is 17.6 Å². The Balaban J connectivity index is 1.35. The average molecular weight is 578 g/mol. The Kier molecular flexibility index (Phi) is 8.55. The summed E-state index contributed by atoms with van der Waals surface area (Å²) in [4.78, 5) is 18.9. The number of hydrogen-bond donors (Lipinski definition) is 1. The molecule has 2 aromatic carbocycles. The Morgan fingerprint density at radius 1 is 0.857 bits per heavy atom. The van der Waals surface area contributed by atoms with Crippen LogP contribution in [0.5, 0.6) is 23.0 Å². The Labute approximate surface area is 250 Å². The van der Waals surface area contributed by atoms with Crippen LogP contribution in [0, 0.1) is 11.8 Å². The van der Waals surface area contributed by atoms with E-state index < -0.39 is 0 Å². The van der Waals surface area contributed by atoms with Crippen LogP contribution in [0.2, 0.25) is 0 Å². The molecule has 8 heteroatoms. The smallest absolute Gasteiger partial charge is 0.240 e. The van der Waals surface area contributed by atoms with Crippen molar-refractivity contribution in [3.63, 3.8) is 0 Å². The molecule has 5 unspecified atom stereocenters. The van der Waals surface area contributed by atoms with Crippen LogP contribution >= 0.6 is 0 Å². The SMILES string of the molecule is CCC1CN2CCc3cc(OC)c(OC)cc3C2CC1CC1c2cc(OC)c(OC)cc2CCN1C(=O)C1CCCN1. The summed E-state index contributed by atoms with van der Waals surface area (Å²) in [7, 11) is 6.82. The third-order valence-electron chi connectivity index (χ3n) is 10.5. The normalized spacial score (nSPS) is 27.1. The highest BCUT2D eigenvalue weighted by atomic mass is 16.5. The third kappa shape index (κ3) is 5.21. The van der Waals surface area contributed by atoms with Crippen molar-refractivity contribution in [2.24, 2.45) is 11.8 Å². The molecule has 42 heavy (non-hydrogen) atoms. The lowest BCUT2D eigenvalue weighted by atomic mass is 9.72. The van der Waals surface area contributed by atoms with Crippen molar-refractivity contribution >= 4 is 5.91 Å². The number of hydrogen-bond acceptors (Lipinski definition) is 7. The highest BCUT2D eigenvalue weighted by Crippen LogP contribution is 2.49. The van der Waals surface area contributed by atoms with Crippen molar-refractivity contribution in [2.45, 2.75) is 70.0 Å². The van der Waals surface area contributed by atoms with Crippen molar-refractivity contribution < 1.29 is 23.7 Å². The fourth-order valence-corrected chi connectivity index (χ4v) is 8.18. The van der Waals surface area contributed by atoms with Gasteiger partial charge in [0.2, 0.25) is 5.91 Å². The molecule has 6 rings (SSSR count). The zero-order valence-corrected chi connectivity index (χ0v) is 25.9. The van der Waals surface area contributed by atoms with Gasteiger partial charge >= 0.3 is 0 Å². The summed E-state index contributed by atoms with van der Waals surface area (Å²) in [6.45, 7) is 6.14. The zero-order chi connectivity index (χ0) is 29.4. The molecule has 1 amide bonds. The minimum absolute atomic E-state index is 0.0162. The molecule has 0 radical (unpaired) electrons. The summed E-state index contributed by atoms with van der Waals surface area (Å²) in [6.07, 6.45) is 7.00. The van der Waals surface area contributed by atoms with Gasteiger partial charge in [-0.3, -0.25) is 9.69 Å². The van der Waals surface area contributed by atoms with Gasteiger partial charge in [0.25, 0.3) is 0 Å². The molecule has 228 valence electrons. The van der Waals surface area contributed by atoms with Crippen LogP contribution in [0.1, 0.15) is 73.4 Å². The molecule has 4 aliphatic heterocycles. The highest BCUT2D eigenvalue weighted by Gasteiger charge is 2.43. The molecule has 2 fully saturated rings. The summed E-state index contributed by atoms with van der Waals surface area (Å²) in [5, 5.41) is 3.47. The standard InChI is InChI=1S/C34H47N3O5/c1-6-21-20-36-12-9-22-16-30(39-2)32(41-4)18-25(22)28(36)14-24(21)15-29-26-19-33(42-5)31(40-3)17-23(26)10-13-37(29)34(38)27-8-7-11-35-27/h16-19,21,24,27-29,35H,6-15,20H2,1-5H3. The van der Waals surface area contributed by atoms with Gasteiger partial charge in [-0.1, -0.05) is 13.3 Å². The van der Waals surface area contributed by atoms with Crippen LogP contribution in [0.25, 0.3) is 0 Å². The number of benzene rings is 2. The number of carbonyl (C=O) groups is 1. The van der Waals surface area contributed by atoms with Gasteiger partial charge in [0.15, 0.2) is 23.0 Å². The molecule has 4 aliphatic rings. The summed E-state index contributed by atoms with van der Waals surface area (Å²) >= 11 is 0. The van der Waals surface area contributed by atoms with Gasteiger partial charge in [0.05, 0.1) is 40.5 Å². The third-order valence-corrected chi connectivity index (χ3v) is 10.5. The van der Waals surface area contributed by atoms with E-state index in [1.165, 1.54) is 22.3 Å². The Morgan fingerprint density at radius 3 is 2.10 bits per heavy atom. The van der Waals surface area contributed by atoms with Crippen LogP contribution in [-0.4, -0.2) is 76.4 Å². The second-order valence-electron chi connectivity index (χ2n) is 12.4. The summed E-state index contributed by atoms with van der Waals surface area (Å²) in [5.41, 5.74) is 5.23. The van der Waals surface area contributed by atoms with Gasteiger partial charge < -0.3 is 29.2 Å². The first kappa shape index (κ1) is 29.1. The largest absolute Gasteiger partial charge is 0.493 e. The number of ether oxygens (including phenoxy) is 4. The molecular weight excluding hydrogens is 530 g/mol. The predicted molar refractivity (Wildman–Crippen MR) is 163 cm³/mol. The van der Waals surface area contributed by atoms with E-state index >= 15 is 0 Å². The Morgan fingerprint density at radius 2 is 1.48 bits per heavy atom. The molecule has 0 saturated carbocycles. The number of nitrogens with one attached hydrogen (secondary N) is 1. The molecule has 0 bridgehead atoms. The first-order valence-corrected chi connectivity index (χ1v) is 15.8. The van der Waals surface area contributed by atoms with Gasteiger partial charge in [-0.25, -0.2) is 0 Å². The minimum atomic E-state index is -0.0781. The topological polar surface area (TPSA) is 72.5 Å². The number of rotatable bonds is 8. The van der Waals surface area contributed by atoms with E-state index in [1.807, 2.05) is 0 Å². The van der Waals surface area contributed by atoms with E-state index in [9.17, 15) is 4.79 Å². The number of carbonyl (C=O) groups excluding carboxylic acids is 1. The number of methoxy groups -OCH3 is 4. The van der Waals surface area contributed by atoms with Crippen LogP contribution in [0.4, 0.5) is 0 Å². The molecule has 0 spiro atoms. The number of piperidine rings is 1. The molecule has 0 aliphatic carbocycles. The molecule has 2 aromatic rings. The van der Waals surface area contributed by atoms with E-state index in [0.29, 0.717) is 17.9 Å². The van der Waals surface area contributed by atoms with Crippen LogP contribution in [0.15, 0.2) is 24.3 Å². The zero-order valence-electron chi connectivity index (χ0n) is 25.9. The van der Waals surface area contributed by atoms with Crippen molar-refractivity contribution in [1.82, 2.24) is 15.1 Å². The fraction of sp³-hybridized carbons (Fsp3) is 0.618. The first-order chi connectivity index (χ1) is 20.5. The van der Waals surface area contributed by atoms with Gasteiger partial charge in [-0.2, -0.15) is 0 Å². The molecule has 8 nitrogen and oxygen atoms in total. The maximum Gasteiger partial charge on any atom is 0.240 e. The molecule has 1 N–H and O–H groups in total. The lowest BCUT2D eigenvalue weighted by molar-refractivity contribution is -0.136. The number of fused-ring (bicyclic) bond motifs is 4. The van der Waals surface area contributed by atoms with Crippen molar-refractivity contribution in [1.29, 1.82) is 0 Å². The minimum Gasteiger partial charge on any atom is -0.493 e. The number of amides is 1. The van der Waals surface area contributed by atoms with Gasteiger partial charge in [-0.15, -0.1) is 0 Å². The van der Waals surface area contributed by atoms with Crippen molar-refractivity contribution in [3.05, 3.63) is 46.5 Å². The summed E-state index contributed by atoms with van der Waals surface area (Å²) < 4.78 is 22.8. The van der Waals surface area contributed by atoms with E-state index in [1.54, 1.807) is 28.4 Å². The predicted octanol–water partition coefficient (Wildman–Crippen LogP) is 4.93. The quantitative estimate of drug-likeness (QED) is 0.477. The monoisotopic (exact) mass is 577 g/mol. The van der Waals surface area contributed by atoms with Crippen LogP contribution in [0.3, 0.4) is 0 Å². The summed E-state index contributed by atoms with van der Waals surface area (Å²) in [6, 6.07) is 8.95. The lowest BCUT2D eigenvalue weighted by Crippen LogP contribution is -2.50. The first-order valence-electron chi connectivity index (χ1n) is 15.8. The average Bonchev–Trinajstić information content (AvgIpc) is 3.58. The van der Waals surface area contributed by atoms with Gasteiger partial charge in [0.1, 0.15) is 0 Å². The molecule has 4 heterocycles. The van der Waals surface area contributed by atoms with E-state index in [0.717, 1.165) is 94.1 Å². The van der Waals surface area contributed by atoms with Gasteiger partial charge in [-0.05, 0) is 103 Å². The number of nitrogens with zero attached hydrogens (tertiary/aromatic N) is 2. The fourth-order valence-electron chi connectivity index (χ4n) is 8.18. The molecule has 0 aromatic heterocycles. The second-order valence-corrected chi connectivity index (χ2v) is 12.4.